The van der Waals surface area contributed by atoms with E-state index in [1.165, 1.54) is 11.3 Å². The molecule has 0 unspecified atom stereocenters. The van der Waals surface area contributed by atoms with E-state index in [9.17, 15) is 9.59 Å². The van der Waals surface area contributed by atoms with Gasteiger partial charge in [0.05, 0.1) is 5.69 Å². The molecule has 8 nitrogen and oxygen atoms in total. The number of carbonyl (C=O) groups is 2. The van der Waals surface area contributed by atoms with Gasteiger partial charge in [0, 0.05) is 49.7 Å². The maximum Gasteiger partial charge on any atom is 0.229 e. The van der Waals surface area contributed by atoms with Crippen LogP contribution in [0, 0.1) is 12.8 Å². The zero-order chi connectivity index (χ0) is 18.4. The number of anilines is 2. The lowest BCUT2D eigenvalue weighted by molar-refractivity contribution is -0.134. The maximum absolute atomic E-state index is 12.3. The van der Waals surface area contributed by atoms with E-state index in [0.29, 0.717) is 50.0 Å². The van der Waals surface area contributed by atoms with E-state index >= 15 is 0 Å². The van der Waals surface area contributed by atoms with Crippen LogP contribution >= 0.6 is 11.3 Å². The Morgan fingerprint density at radius 2 is 2.00 bits per heavy atom. The van der Waals surface area contributed by atoms with E-state index in [4.69, 9.17) is 0 Å². The lowest BCUT2D eigenvalue weighted by atomic mass is 9.96. The smallest absolute Gasteiger partial charge is 0.229 e. The molecule has 1 aliphatic rings. The van der Waals surface area contributed by atoms with Gasteiger partial charge in [0.2, 0.25) is 17.8 Å². The van der Waals surface area contributed by atoms with Crippen LogP contribution in [-0.4, -0.2) is 51.3 Å². The molecular formula is C17H22N6O2S. The first kappa shape index (κ1) is 18.2. The van der Waals surface area contributed by atoms with Gasteiger partial charge in [-0.1, -0.05) is 0 Å². The van der Waals surface area contributed by atoms with Gasteiger partial charge in [0.25, 0.3) is 0 Å². The molecule has 0 spiro atoms. The number of thiazole rings is 1. The Hall–Kier alpha value is -2.55. The lowest BCUT2D eigenvalue weighted by Crippen LogP contribution is -2.41. The molecule has 1 saturated heterocycles. The third-order valence-corrected chi connectivity index (χ3v) is 5.13. The third kappa shape index (κ3) is 4.98. The van der Waals surface area contributed by atoms with Gasteiger partial charge in [-0.3, -0.25) is 9.59 Å². The van der Waals surface area contributed by atoms with Crippen molar-refractivity contribution in [3.05, 3.63) is 29.5 Å². The minimum atomic E-state index is -0.0703. The van der Waals surface area contributed by atoms with E-state index < -0.39 is 0 Å². The molecule has 138 valence electrons. The van der Waals surface area contributed by atoms with Crippen molar-refractivity contribution >= 4 is 34.2 Å². The Morgan fingerprint density at radius 1 is 1.27 bits per heavy atom. The fourth-order valence-corrected chi connectivity index (χ4v) is 3.53. The summed E-state index contributed by atoms with van der Waals surface area (Å²) in [6, 6.07) is 1.74. The normalized spacial score (nSPS) is 14.9. The second-order valence-corrected chi connectivity index (χ2v) is 7.05. The molecule has 3 rings (SSSR count). The minimum absolute atomic E-state index is 0.00524. The summed E-state index contributed by atoms with van der Waals surface area (Å²) in [6.07, 6.45) is 5.04. The number of piperidine rings is 1. The molecule has 0 saturated carbocycles. The van der Waals surface area contributed by atoms with Gasteiger partial charge >= 0.3 is 0 Å². The molecule has 1 fully saturated rings. The number of hydrogen-bond donors (Lipinski definition) is 2. The minimum Gasteiger partial charge on any atom is -0.354 e. The van der Waals surface area contributed by atoms with E-state index in [1.807, 2.05) is 17.2 Å². The molecule has 2 aromatic heterocycles. The molecule has 1 aliphatic heterocycles. The van der Waals surface area contributed by atoms with E-state index in [1.54, 1.807) is 18.5 Å². The van der Waals surface area contributed by atoms with E-state index in [0.717, 1.165) is 5.69 Å². The highest BCUT2D eigenvalue weighted by Crippen LogP contribution is 2.21. The summed E-state index contributed by atoms with van der Waals surface area (Å²) in [5, 5.41) is 8.45. The number of nitrogens with one attached hydrogen (secondary N) is 2. The van der Waals surface area contributed by atoms with Gasteiger partial charge in [-0.25, -0.2) is 15.0 Å². The summed E-state index contributed by atoms with van der Waals surface area (Å²) >= 11 is 1.43. The summed E-state index contributed by atoms with van der Waals surface area (Å²) in [7, 11) is 0. The van der Waals surface area contributed by atoms with Gasteiger partial charge in [-0.2, -0.15) is 0 Å². The standard InChI is InChI=1S/C17H22N6O2S/c1-12-11-26-17(21-12)22-15(25)13-4-9-23(10-5-13)14(24)3-8-20-16-18-6-2-7-19-16/h2,6-7,11,13H,3-5,8-10H2,1H3,(H,18,19,20)(H,21,22,25). The predicted molar refractivity (Wildman–Crippen MR) is 99.9 cm³/mol. The van der Waals surface area contributed by atoms with E-state index in [-0.39, 0.29) is 17.7 Å². The number of aromatic nitrogens is 3. The van der Waals surface area contributed by atoms with Crippen LogP contribution < -0.4 is 10.6 Å². The molecule has 0 aliphatic carbocycles. The SMILES string of the molecule is Cc1csc(NC(=O)C2CCN(C(=O)CCNc3ncccn3)CC2)n1. The number of aryl methyl sites for hydroxylation is 1. The zero-order valence-corrected chi connectivity index (χ0v) is 15.5. The average molecular weight is 374 g/mol. The van der Waals surface area contributed by atoms with Crippen LogP contribution in [0.25, 0.3) is 0 Å². The second kappa shape index (κ2) is 8.70. The molecule has 0 aromatic carbocycles. The fraction of sp³-hybridized carbons (Fsp3) is 0.471. The Labute approximate surface area is 156 Å². The lowest BCUT2D eigenvalue weighted by Gasteiger charge is -2.31. The van der Waals surface area contributed by atoms with Crippen molar-refractivity contribution in [3.63, 3.8) is 0 Å². The number of amides is 2. The molecule has 0 bridgehead atoms. The summed E-state index contributed by atoms with van der Waals surface area (Å²) in [5.74, 6) is 0.532. The topological polar surface area (TPSA) is 100 Å². The van der Waals surface area contributed by atoms with Crippen molar-refractivity contribution in [2.45, 2.75) is 26.2 Å². The van der Waals surface area contributed by atoms with E-state index in [2.05, 4.69) is 25.6 Å². The average Bonchev–Trinajstić information content (AvgIpc) is 3.07. The molecular weight excluding hydrogens is 352 g/mol. The van der Waals surface area contributed by atoms with Gasteiger partial charge in [-0.15, -0.1) is 11.3 Å². The highest BCUT2D eigenvalue weighted by atomic mass is 32.1. The Bertz CT molecular complexity index is 743. The van der Waals surface area contributed by atoms with Crippen LogP contribution in [0.5, 0.6) is 0 Å². The molecule has 26 heavy (non-hydrogen) atoms. The number of nitrogens with zero attached hydrogens (tertiary/aromatic N) is 4. The van der Waals surface area contributed by atoms with Gasteiger partial charge < -0.3 is 15.5 Å². The molecule has 0 radical (unpaired) electrons. The highest BCUT2D eigenvalue weighted by molar-refractivity contribution is 7.13. The van der Waals surface area contributed by atoms with Crippen LogP contribution in [0.2, 0.25) is 0 Å². The maximum atomic E-state index is 12.3. The first-order chi connectivity index (χ1) is 12.6. The summed E-state index contributed by atoms with van der Waals surface area (Å²) in [4.78, 5) is 38.8. The van der Waals surface area contributed by atoms with Crippen LogP contribution in [0.3, 0.4) is 0 Å². The number of hydrogen-bond acceptors (Lipinski definition) is 7. The summed E-state index contributed by atoms with van der Waals surface area (Å²) < 4.78 is 0. The first-order valence-electron chi connectivity index (χ1n) is 8.63. The second-order valence-electron chi connectivity index (χ2n) is 6.19. The van der Waals surface area contributed by atoms with Gasteiger partial charge in [0.1, 0.15) is 0 Å². The highest BCUT2D eigenvalue weighted by Gasteiger charge is 2.27. The monoisotopic (exact) mass is 374 g/mol. The largest absolute Gasteiger partial charge is 0.354 e. The van der Waals surface area contributed by atoms with Gasteiger partial charge in [0.15, 0.2) is 5.13 Å². The Morgan fingerprint density at radius 3 is 2.65 bits per heavy atom. The molecule has 9 heteroatoms. The molecule has 2 N–H and O–H groups in total. The van der Waals surface area contributed by atoms with Crippen LogP contribution in [0.4, 0.5) is 11.1 Å². The van der Waals surface area contributed by atoms with Crippen LogP contribution in [0.1, 0.15) is 25.0 Å². The molecule has 3 heterocycles. The van der Waals surface area contributed by atoms with Crippen molar-refractivity contribution in [1.29, 1.82) is 0 Å². The van der Waals surface area contributed by atoms with Crippen molar-refractivity contribution in [2.24, 2.45) is 5.92 Å². The number of rotatable bonds is 6. The predicted octanol–water partition coefficient (Wildman–Crippen LogP) is 1.92. The summed E-state index contributed by atoms with van der Waals surface area (Å²) in [5.41, 5.74) is 0.903. The number of carbonyl (C=O) groups excluding carboxylic acids is 2. The van der Waals surface area contributed by atoms with Crippen molar-refractivity contribution < 1.29 is 9.59 Å². The Balaban J connectivity index is 1.38. The van der Waals surface area contributed by atoms with Crippen molar-refractivity contribution in [2.75, 3.05) is 30.3 Å². The fourth-order valence-electron chi connectivity index (χ4n) is 2.84. The van der Waals surface area contributed by atoms with Crippen molar-refractivity contribution in [3.8, 4) is 0 Å². The van der Waals surface area contributed by atoms with Crippen LogP contribution in [-0.2, 0) is 9.59 Å². The Kier molecular flexibility index (Phi) is 6.11. The third-order valence-electron chi connectivity index (χ3n) is 4.26. The molecule has 2 amide bonds. The quantitative estimate of drug-likeness (QED) is 0.801. The summed E-state index contributed by atoms with van der Waals surface area (Å²) in [6.45, 7) is 3.60. The molecule has 0 atom stereocenters. The molecule has 2 aromatic rings. The first-order valence-corrected chi connectivity index (χ1v) is 9.51. The number of likely N-dealkylation sites (tertiary alicyclic amines) is 1. The van der Waals surface area contributed by atoms with Crippen LogP contribution in [0.15, 0.2) is 23.8 Å². The van der Waals surface area contributed by atoms with Crippen molar-refractivity contribution in [1.82, 2.24) is 19.9 Å². The van der Waals surface area contributed by atoms with Gasteiger partial charge in [-0.05, 0) is 25.8 Å². The zero-order valence-electron chi connectivity index (χ0n) is 14.6.